The van der Waals surface area contributed by atoms with Gasteiger partial charge in [0.15, 0.2) is 11.5 Å². The second-order valence-electron chi connectivity index (χ2n) is 4.80. The van der Waals surface area contributed by atoms with E-state index in [1.54, 1.807) is 21.3 Å². The Balaban J connectivity index is 0.00000208. The first-order valence-corrected chi connectivity index (χ1v) is 7.03. The smallest absolute Gasteiger partial charge is 0.162 e. The van der Waals surface area contributed by atoms with E-state index in [1.807, 2.05) is 36.4 Å². The number of hydrogen-bond acceptors (Lipinski definition) is 6. The van der Waals surface area contributed by atoms with E-state index in [-0.39, 0.29) is 12.4 Å². The number of ether oxygens (including phenoxy) is 3. The maximum absolute atomic E-state index is 5.36. The standard InChI is InChI=1S/C17H17N3O3.ClH/c1-21-12-6-4-5-11(7-12)20-17-13-8-15(22-2)16(23-3)9-14(13)18-10-19-17;/h4-10H,1-3H3,(H,18,19,20);1H. The lowest BCUT2D eigenvalue weighted by molar-refractivity contribution is 0.356. The molecule has 1 N–H and O–H groups in total. The van der Waals surface area contributed by atoms with Crippen molar-refractivity contribution in [3.05, 3.63) is 42.7 Å². The molecule has 0 amide bonds. The van der Waals surface area contributed by atoms with Crippen molar-refractivity contribution in [3.8, 4) is 17.2 Å². The number of hydrogen-bond donors (Lipinski definition) is 1. The second kappa shape index (κ2) is 7.70. The van der Waals surface area contributed by atoms with Gasteiger partial charge in [-0.1, -0.05) is 6.07 Å². The summed E-state index contributed by atoms with van der Waals surface area (Å²) in [5.41, 5.74) is 1.64. The molecule has 6 nitrogen and oxygen atoms in total. The van der Waals surface area contributed by atoms with Crippen LogP contribution in [0.5, 0.6) is 17.2 Å². The zero-order chi connectivity index (χ0) is 16.2. The molecule has 0 saturated heterocycles. The molecule has 0 unspecified atom stereocenters. The van der Waals surface area contributed by atoms with Crippen molar-refractivity contribution in [2.45, 2.75) is 0 Å². The predicted molar refractivity (Wildman–Crippen MR) is 96.2 cm³/mol. The molecule has 0 aliphatic rings. The van der Waals surface area contributed by atoms with Gasteiger partial charge in [0.25, 0.3) is 0 Å². The summed E-state index contributed by atoms with van der Waals surface area (Å²) in [5.74, 6) is 2.71. The highest BCUT2D eigenvalue weighted by Crippen LogP contribution is 2.34. The third kappa shape index (κ3) is 3.44. The van der Waals surface area contributed by atoms with Crippen LogP contribution in [0.2, 0.25) is 0 Å². The van der Waals surface area contributed by atoms with Crippen molar-refractivity contribution < 1.29 is 14.2 Å². The molecular formula is C17H18ClN3O3. The van der Waals surface area contributed by atoms with Crippen molar-refractivity contribution in [2.75, 3.05) is 26.6 Å². The van der Waals surface area contributed by atoms with Gasteiger partial charge in [-0.25, -0.2) is 9.97 Å². The van der Waals surface area contributed by atoms with Gasteiger partial charge in [0.1, 0.15) is 17.9 Å². The van der Waals surface area contributed by atoms with E-state index in [9.17, 15) is 0 Å². The van der Waals surface area contributed by atoms with Gasteiger partial charge in [-0.3, -0.25) is 0 Å². The van der Waals surface area contributed by atoms with E-state index in [0.717, 1.165) is 22.3 Å². The normalized spacial score (nSPS) is 9.96. The maximum atomic E-state index is 5.36. The van der Waals surface area contributed by atoms with Gasteiger partial charge < -0.3 is 19.5 Å². The number of benzene rings is 2. The average Bonchev–Trinajstić information content (AvgIpc) is 2.61. The molecule has 126 valence electrons. The topological polar surface area (TPSA) is 65.5 Å². The van der Waals surface area contributed by atoms with Gasteiger partial charge in [-0.2, -0.15) is 0 Å². The van der Waals surface area contributed by atoms with Crippen LogP contribution in [-0.2, 0) is 0 Å². The Morgan fingerprint density at radius 2 is 1.62 bits per heavy atom. The van der Waals surface area contributed by atoms with Crippen LogP contribution in [0.4, 0.5) is 11.5 Å². The molecule has 0 bridgehead atoms. The van der Waals surface area contributed by atoms with Gasteiger partial charge in [0, 0.05) is 23.2 Å². The second-order valence-corrected chi connectivity index (χ2v) is 4.80. The van der Waals surface area contributed by atoms with Crippen molar-refractivity contribution >= 4 is 34.8 Å². The summed E-state index contributed by atoms with van der Waals surface area (Å²) in [7, 11) is 4.83. The molecular weight excluding hydrogens is 330 g/mol. The molecule has 1 heterocycles. The van der Waals surface area contributed by atoms with E-state index in [2.05, 4.69) is 15.3 Å². The fourth-order valence-electron chi connectivity index (χ4n) is 2.32. The molecule has 3 aromatic rings. The lowest BCUT2D eigenvalue weighted by Gasteiger charge is -2.12. The van der Waals surface area contributed by atoms with E-state index in [1.165, 1.54) is 6.33 Å². The Morgan fingerprint density at radius 1 is 0.875 bits per heavy atom. The zero-order valence-corrected chi connectivity index (χ0v) is 14.4. The van der Waals surface area contributed by atoms with E-state index < -0.39 is 0 Å². The average molecular weight is 348 g/mol. The Kier molecular flexibility index (Phi) is 5.65. The lowest BCUT2D eigenvalue weighted by Crippen LogP contribution is -1.98. The molecule has 7 heteroatoms. The van der Waals surface area contributed by atoms with Crippen LogP contribution >= 0.6 is 12.4 Å². The minimum atomic E-state index is 0. The predicted octanol–water partition coefficient (Wildman–Crippen LogP) is 3.82. The molecule has 0 saturated carbocycles. The minimum Gasteiger partial charge on any atom is -0.497 e. The highest BCUT2D eigenvalue weighted by Gasteiger charge is 2.11. The Hall–Kier alpha value is -2.73. The minimum absolute atomic E-state index is 0. The number of aromatic nitrogens is 2. The summed E-state index contributed by atoms with van der Waals surface area (Å²) in [5, 5.41) is 4.12. The summed E-state index contributed by atoms with van der Waals surface area (Å²) in [6.45, 7) is 0. The summed E-state index contributed by atoms with van der Waals surface area (Å²) in [6, 6.07) is 11.3. The van der Waals surface area contributed by atoms with Crippen LogP contribution in [-0.4, -0.2) is 31.3 Å². The summed E-state index contributed by atoms with van der Waals surface area (Å²) in [6.07, 6.45) is 1.51. The summed E-state index contributed by atoms with van der Waals surface area (Å²) in [4.78, 5) is 8.62. The molecule has 2 aromatic carbocycles. The fraction of sp³-hybridized carbons (Fsp3) is 0.176. The molecule has 0 aliphatic heterocycles. The lowest BCUT2D eigenvalue weighted by atomic mass is 10.2. The molecule has 3 rings (SSSR count). The third-order valence-corrected chi connectivity index (χ3v) is 3.47. The highest BCUT2D eigenvalue weighted by molar-refractivity contribution is 5.93. The molecule has 0 aliphatic carbocycles. The summed E-state index contributed by atoms with van der Waals surface area (Å²) < 4.78 is 15.9. The monoisotopic (exact) mass is 347 g/mol. The number of nitrogens with one attached hydrogen (secondary N) is 1. The molecule has 0 atom stereocenters. The Bertz CT molecular complexity index is 842. The maximum Gasteiger partial charge on any atom is 0.162 e. The van der Waals surface area contributed by atoms with Crippen LogP contribution in [0.3, 0.4) is 0 Å². The van der Waals surface area contributed by atoms with Gasteiger partial charge in [-0.05, 0) is 18.2 Å². The van der Waals surface area contributed by atoms with Gasteiger partial charge >= 0.3 is 0 Å². The number of methoxy groups -OCH3 is 3. The van der Waals surface area contributed by atoms with Gasteiger partial charge in [-0.15, -0.1) is 12.4 Å². The van der Waals surface area contributed by atoms with Gasteiger partial charge in [0.2, 0.25) is 0 Å². The number of anilines is 2. The zero-order valence-electron chi connectivity index (χ0n) is 13.6. The quantitative estimate of drug-likeness (QED) is 0.756. The van der Waals surface area contributed by atoms with Crippen LogP contribution < -0.4 is 19.5 Å². The van der Waals surface area contributed by atoms with Crippen molar-refractivity contribution in [1.82, 2.24) is 9.97 Å². The SMILES string of the molecule is COc1cccc(Nc2ncnc3cc(OC)c(OC)cc23)c1.Cl. The van der Waals surface area contributed by atoms with E-state index in [0.29, 0.717) is 17.3 Å². The highest BCUT2D eigenvalue weighted by atomic mass is 35.5. The molecule has 1 aromatic heterocycles. The van der Waals surface area contributed by atoms with Gasteiger partial charge in [0.05, 0.1) is 26.8 Å². The number of halogens is 1. The first-order valence-electron chi connectivity index (χ1n) is 7.03. The number of nitrogens with zero attached hydrogens (tertiary/aromatic N) is 2. The van der Waals surface area contributed by atoms with Crippen molar-refractivity contribution in [2.24, 2.45) is 0 Å². The van der Waals surface area contributed by atoms with Crippen LogP contribution in [0.25, 0.3) is 10.9 Å². The largest absolute Gasteiger partial charge is 0.497 e. The third-order valence-electron chi connectivity index (χ3n) is 3.47. The molecule has 0 fully saturated rings. The van der Waals surface area contributed by atoms with Crippen LogP contribution in [0.1, 0.15) is 0 Å². The molecule has 24 heavy (non-hydrogen) atoms. The summed E-state index contributed by atoms with van der Waals surface area (Å²) >= 11 is 0. The van der Waals surface area contributed by atoms with Crippen LogP contribution in [0, 0.1) is 0 Å². The Labute approximate surface area is 146 Å². The Morgan fingerprint density at radius 3 is 2.33 bits per heavy atom. The number of fused-ring (bicyclic) bond motifs is 1. The molecule has 0 spiro atoms. The first-order chi connectivity index (χ1) is 11.2. The first kappa shape index (κ1) is 17.6. The van der Waals surface area contributed by atoms with E-state index in [4.69, 9.17) is 14.2 Å². The number of rotatable bonds is 5. The van der Waals surface area contributed by atoms with Crippen molar-refractivity contribution in [3.63, 3.8) is 0 Å². The van der Waals surface area contributed by atoms with Crippen LogP contribution in [0.15, 0.2) is 42.7 Å². The fourth-order valence-corrected chi connectivity index (χ4v) is 2.32. The molecule has 0 radical (unpaired) electrons. The van der Waals surface area contributed by atoms with E-state index >= 15 is 0 Å². The van der Waals surface area contributed by atoms with Crippen molar-refractivity contribution in [1.29, 1.82) is 0 Å².